The van der Waals surface area contributed by atoms with Gasteiger partial charge < -0.3 is 4.74 Å². The smallest absolute Gasteiger partial charge is 0.360 e. The molecule has 0 bridgehead atoms. The molecule has 0 saturated heterocycles. The van der Waals surface area contributed by atoms with Crippen molar-refractivity contribution in [2.24, 2.45) is 5.92 Å². The summed E-state index contributed by atoms with van der Waals surface area (Å²) in [6.07, 6.45) is 1.03. The Morgan fingerprint density at radius 1 is 1.47 bits per heavy atom. The lowest BCUT2D eigenvalue weighted by atomic mass is 10.2. The predicted octanol–water partition coefficient (Wildman–Crippen LogP) is 2.54. The molecule has 108 valence electrons. The minimum absolute atomic E-state index is 0.324. The number of carbonyl (C=O) groups is 1. The Balaban J connectivity index is 2.52. The van der Waals surface area contributed by atoms with Gasteiger partial charge in [-0.2, -0.15) is 11.8 Å². The molecular formula is C13H23N3O2S. The first-order valence-corrected chi connectivity index (χ1v) is 7.86. The number of esters is 1. The summed E-state index contributed by atoms with van der Waals surface area (Å²) in [5.74, 6) is 2.18. The number of nitrogens with zero attached hydrogens (tertiary/aromatic N) is 3. The topological polar surface area (TPSA) is 57.0 Å². The Bertz CT molecular complexity index is 405. The predicted molar refractivity (Wildman–Crippen MR) is 77.5 cm³/mol. The van der Waals surface area contributed by atoms with E-state index in [4.69, 9.17) is 4.74 Å². The normalized spacial score (nSPS) is 11.0. The maximum Gasteiger partial charge on any atom is 0.360 e. The average molecular weight is 285 g/mol. The Labute approximate surface area is 119 Å². The van der Waals surface area contributed by atoms with E-state index >= 15 is 0 Å². The van der Waals surface area contributed by atoms with Crippen molar-refractivity contribution in [2.75, 3.05) is 18.1 Å². The molecule has 6 heteroatoms. The summed E-state index contributed by atoms with van der Waals surface area (Å²) in [7, 11) is 0. The number of hydrogen-bond acceptors (Lipinski definition) is 5. The molecule has 1 aromatic rings. The van der Waals surface area contributed by atoms with Gasteiger partial charge in [-0.15, -0.1) is 5.10 Å². The standard InChI is InChI=1S/C13H23N3O2S/c1-5-19-8-6-7-16-11(4)12(14-15-16)13(17)18-9-10(2)3/h10H,5-9H2,1-4H3. The Kier molecular flexibility index (Phi) is 6.91. The number of hydrogen-bond donors (Lipinski definition) is 0. The lowest BCUT2D eigenvalue weighted by molar-refractivity contribution is 0.0451. The van der Waals surface area contributed by atoms with Gasteiger partial charge >= 0.3 is 5.97 Å². The lowest BCUT2D eigenvalue weighted by Crippen LogP contribution is -2.12. The number of ether oxygens (including phenoxy) is 1. The van der Waals surface area contributed by atoms with Crippen molar-refractivity contribution >= 4 is 17.7 Å². The zero-order valence-electron chi connectivity index (χ0n) is 12.2. The molecule has 0 atom stereocenters. The van der Waals surface area contributed by atoms with Crippen molar-refractivity contribution in [3.8, 4) is 0 Å². The first-order chi connectivity index (χ1) is 9.06. The van der Waals surface area contributed by atoms with E-state index in [-0.39, 0.29) is 5.97 Å². The minimum atomic E-state index is -0.375. The van der Waals surface area contributed by atoms with Gasteiger partial charge in [-0.1, -0.05) is 26.0 Å². The van der Waals surface area contributed by atoms with Crippen molar-refractivity contribution < 1.29 is 9.53 Å². The van der Waals surface area contributed by atoms with Gasteiger partial charge in [0.05, 0.1) is 12.3 Å². The van der Waals surface area contributed by atoms with Crippen LogP contribution in [0.4, 0.5) is 0 Å². The second-order valence-electron chi connectivity index (χ2n) is 4.79. The van der Waals surface area contributed by atoms with Crippen molar-refractivity contribution in [1.29, 1.82) is 0 Å². The first kappa shape index (κ1) is 16.0. The van der Waals surface area contributed by atoms with Gasteiger partial charge in [-0.3, -0.25) is 0 Å². The van der Waals surface area contributed by atoms with Gasteiger partial charge in [-0.05, 0) is 30.8 Å². The molecular weight excluding hydrogens is 262 g/mol. The van der Waals surface area contributed by atoms with Crippen molar-refractivity contribution in [3.05, 3.63) is 11.4 Å². The first-order valence-electron chi connectivity index (χ1n) is 6.71. The van der Waals surface area contributed by atoms with E-state index in [2.05, 4.69) is 17.2 Å². The number of rotatable bonds is 8. The molecule has 0 spiro atoms. The maximum atomic E-state index is 11.8. The zero-order valence-corrected chi connectivity index (χ0v) is 13.0. The minimum Gasteiger partial charge on any atom is -0.461 e. The highest BCUT2D eigenvalue weighted by atomic mass is 32.2. The number of carbonyl (C=O) groups excluding carboxylic acids is 1. The van der Waals surface area contributed by atoms with Crippen molar-refractivity contribution in [3.63, 3.8) is 0 Å². The average Bonchev–Trinajstić information content (AvgIpc) is 2.73. The van der Waals surface area contributed by atoms with Gasteiger partial charge in [0, 0.05) is 6.54 Å². The summed E-state index contributed by atoms with van der Waals surface area (Å²) in [4.78, 5) is 11.8. The largest absolute Gasteiger partial charge is 0.461 e. The lowest BCUT2D eigenvalue weighted by Gasteiger charge is -2.06. The molecule has 19 heavy (non-hydrogen) atoms. The summed E-state index contributed by atoms with van der Waals surface area (Å²) in [6, 6.07) is 0. The highest BCUT2D eigenvalue weighted by Gasteiger charge is 2.17. The molecule has 0 amide bonds. The van der Waals surface area contributed by atoms with Gasteiger partial charge in [0.25, 0.3) is 0 Å². The van der Waals surface area contributed by atoms with Crippen LogP contribution in [0, 0.1) is 12.8 Å². The quantitative estimate of drug-likeness (QED) is 0.542. The van der Waals surface area contributed by atoms with Crippen LogP contribution in [0.1, 0.15) is 43.4 Å². The highest BCUT2D eigenvalue weighted by Crippen LogP contribution is 2.09. The molecule has 0 unspecified atom stereocenters. The summed E-state index contributed by atoms with van der Waals surface area (Å²) < 4.78 is 6.95. The Morgan fingerprint density at radius 2 is 2.21 bits per heavy atom. The molecule has 0 aliphatic rings. The number of aromatic nitrogens is 3. The fraction of sp³-hybridized carbons (Fsp3) is 0.769. The SMILES string of the molecule is CCSCCCn1nnc(C(=O)OCC(C)C)c1C. The Morgan fingerprint density at radius 3 is 2.84 bits per heavy atom. The van der Waals surface area contributed by atoms with Gasteiger partial charge in [0.15, 0.2) is 5.69 Å². The van der Waals surface area contributed by atoms with Crippen LogP contribution >= 0.6 is 11.8 Å². The van der Waals surface area contributed by atoms with Crippen molar-refractivity contribution in [2.45, 2.75) is 40.7 Å². The van der Waals surface area contributed by atoms with Gasteiger partial charge in [-0.25, -0.2) is 9.48 Å². The molecule has 1 heterocycles. The van der Waals surface area contributed by atoms with Gasteiger partial charge in [0.2, 0.25) is 0 Å². The zero-order chi connectivity index (χ0) is 14.3. The summed E-state index contributed by atoms with van der Waals surface area (Å²) >= 11 is 1.90. The summed E-state index contributed by atoms with van der Waals surface area (Å²) in [6.45, 7) is 9.22. The van der Waals surface area contributed by atoms with E-state index in [1.54, 1.807) is 4.68 Å². The summed E-state index contributed by atoms with van der Waals surface area (Å²) in [5, 5.41) is 7.94. The molecule has 0 N–H and O–H groups in total. The molecule has 1 rings (SSSR count). The molecule has 1 aromatic heterocycles. The second kappa shape index (κ2) is 8.19. The number of aryl methyl sites for hydroxylation is 1. The van der Waals surface area contributed by atoms with Crippen molar-refractivity contribution in [1.82, 2.24) is 15.0 Å². The fourth-order valence-electron chi connectivity index (χ4n) is 1.53. The Hall–Kier alpha value is -1.04. The third kappa shape index (κ3) is 5.22. The van der Waals surface area contributed by atoms with Crippen LogP contribution in [0.15, 0.2) is 0 Å². The van der Waals surface area contributed by atoms with E-state index in [1.807, 2.05) is 32.5 Å². The molecule has 5 nitrogen and oxygen atoms in total. The molecule has 0 saturated carbocycles. The monoisotopic (exact) mass is 285 g/mol. The van der Waals surface area contributed by atoms with Crippen LogP contribution in [0.3, 0.4) is 0 Å². The number of thioether (sulfide) groups is 1. The van der Waals surface area contributed by atoms with E-state index in [0.717, 1.165) is 30.2 Å². The van der Waals surface area contributed by atoms with Crippen LogP contribution in [0.2, 0.25) is 0 Å². The third-order valence-electron chi connectivity index (χ3n) is 2.59. The van der Waals surface area contributed by atoms with E-state index < -0.39 is 0 Å². The molecule has 0 aliphatic carbocycles. The highest BCUT2D eigenvalue weighted by molar-refractivity contribution is 7.99. The molecule has 0 aromatic carbocycles. The van der Waals surface area contributed by atoms with Crippen LogP contribution < -0.4 is 0 Å². The molecule has 0 fully saturated rings. The van der Waals surface area contributed by atoms with E-state index in [0.29, 0.717) is 18.2 Å². The van der Waals surface area contributed by atoms with Crippen LogP contribution in [-0.2, 0) is 11.3 Å². The molecule has 0 radical (unpaired) electrons. The van der Waals surface area contributed by atoms with Crippen LogP contribution in [0.25, 0.3) is 0 Å². The summed E-state index contributed by atoms with van der Waals surface area (Å²) in [5.41, 5.74) is 1.12. The van der Waals surface area contributed by atoms with Gasteiger partial charge in [0.1, 0.15) is 0 Å². The molecule has 0 aliphatic heterocycles. The maximum absolute atomic E-state index is 11.8. The van der Waals surface area contributed by atoms with E-state index in [1.165, 1.54) is 0 Å². The third-order valence-corrected chi connectivity index (χ3v) is 3.57. The van der Waals surface area contributed by atoms with E-state index in [9.17, 15) is 4.79 Å². The van der Waals surface area contributed by atoms with Crippen LogP contribution in [-0.4, -0.2) is 39.1 Å². The second-order valence-corrected chi connectivity index (χ2v) is 6.18. The van der Waals surface area contributed by atoms with Crippen LogP contribution in [0.5, 0.6) is 0 Å². The fourth-order valence-corrected chi connectivity index (χ4v) is 2.15.